The minimum atomic E-state index is 0.181. The van der Waals surface area contributed by atoms with Gasteiger partial charge in [-0.1, -0.05) is 6.07 Å². The molecule has 0 amide bonds. The Balaban J connectivity index is 1.77. The largest absolute Gasteiger partial charge is 0.497 e. The highest BCUT2D eigenvalue weighted by atomic mass is 32.1. The fourth-order valence-corrected chi connectivity index (χ4v) is 3.30. The molecule has 1 aliphatic rings. The van der Waals surface area contributed by atoms with E-state index in [9.17, 15) is 0 Å². The molecule has 2 aromatic rings. The Hall–Kier alpha value is -2.38. The van der Waals surface area contributed by atoms with Gasteiger partial charge >= 0.3 is 0 Å². The maximum atomic E-state index is 5.81. The number of aromatic nitrogens is 1. The normalized spacial score (nSPS) is 16.0. The third kappa shape index (κ3) is 5.30. The summed E-state index contributed by atoms with van der Waals surface area (Å²) in [5, 5.41) is 3.90. The molecule has 0 saturated carbocycles. The number of nitrogens with one attached hydrogen (secondary N) is 1. The second kappa shape index (κ2) is 9.53. The summed E-state index contributed by atoms with van der Waals surface area (Å²) in [4.78, 5) is 6.52. The van der Waals surface area contributed by atoms with Crippen LogP contribution in [-0.4, -0.2) is 48.5 Å². The highest BCUT2D eigenvalue weighted by Crippen LogP contribution is 2.29. The summed E-state index contributed by atoms with van der Waals surface area (Å²) in [7, 11) is 3.27. The summed E-state index contributed by atoms with van der Waals surface area (Å²) in [6.45, 7) is 2.14. The van der Waals surface area contributed by atoms with E-state index in [0.717, 1.165) is 36.6 Å². The van der Waals surface area contributed by atoms with Crippen LogP contribution >= 0.6 is 12.2 Å². The number of hydrogen-bond acceptors (Lipinski definition) is 5. The highest BCUT2D eigenvalue weighted by Gasteiger charge is 2.22. The van der Waals surface area contributed by atoms with Crippen molar-refractivity contribution in [2.24, 2.45) is 0 Å². The van der Waals surface area contributed by atoms with Crippen molar-refractivity contribution in [1.82, 2.24) is 9.88 Å². The van der Waals surface area contributed by atoms with E-state index < -0.39 is 0 Å². The smallest absolute Gasteiger partial charge is 0.173 e. The number of nitrogens with zero attached hydrogens (tertiary/aromatic N) is 2. The van der Waals surface area contributed by atoms with Gasteiger partial charge in [0.15, 0.2) is 5.11 Å². The molecule has 1 saturated heterocycles. The number of thiocarbonyl (C=S) groups is 1. The highest BCUT2D eigenvalue weighted by molar-refractivity contribution is 7.80. The molecule has 1 atom stereocenters. The zero-order chi connectivity index (χ0) is 19.1. The molecular weight excluding hydrogens is 362 g/mol. The first-order valence-electron chi connectivity index (χ1n) is 8.99. The van der Waals surface area contributed by atoms with Crippen LogP contribution in [0, 0.1) is 0 Å². The van der Waals surface area contributed by atoms with Crippen molar-refractivity contribution in [1.29, 1.82) is 0 Å². The Morgan fingerprint density at radius 1 is 1.30 bits per heavy atom. The molecule has 7 heteroatoms. The van der Waals surface area contributed by atoms with Crippen molar-refractivity contribution in [2.45, 2.75) is 25.5 Å². The van der Waals surface area contributed by atoms with Crippen molar-refractivity contribution >= 4 is 23.0 Å². The molecule has 1 N–H and O–H groups in total. The van der Waals surface area contributed by atoms with Crippen LogP contribution in [0.25, 0.3) is 0 Å². The first-order chi connectivity index (χ1) is 13.2. The average Bonchev–Trinajstić information content (AvgIpc) is 3.21. The van der Waals surface area contributed by atoms with E-state index >= 15 is 0 Å². The molecule has 6 nitrogen and oxygen atoms in total. The van der Waals surface area contributed by atoms with Crippen LogP contribution in [0.1, 0.15) is 18.5 Å². The van der Waals surface area contributed by atoms with Crippen molar-refractivity contribution in [3.63, 3.8) is 0 Å². The number of rotatable bonds is 7. The second-order valence-corrected chi connectivity index (χ2v) is 6.72. The van der Waals surface area contributed by atoms with Crippen LogP contribution in [0.15, 0.2) is 42.6 Å². The monoisotopic (exact) mass is 387 g/mol. The van der Waals surface area contributed by atoms with Crippen LogP contribution in [-0.2, 0) is 11.3 Å². The Morgan fingerprint density at radius 3 is 2.85 bits per heavy atom. The summed E-state index contributed by atoms with van der Waals surface area (Å²) >= 11 is 5.71. The predicted molar refractivity (Wildman–Crippen MR) is 109 cm³/mol. The van der Waals surface area contributed by atoms with Gasteiger partial charge in [-0.05, 0) is 49.3 Å². The van der Waals surface area contributed by atoms with Crippen molar-refractivity contribution in [3.05, 3.63) is 48.3 Å². The lowest BCUT2D eigenvalue weighted by atomic mass is 10.2. The van der Waals surface area contributed by atoms with Crippen molar-refractivity contribution in [2.75, 3.05) is 32.7 Å². The number of ether oxygens (including phenoxy) is 3. The lowest BCUT2D eigenvalue weighted by molar-refractivity contribution is 0.0903. The molecule has 1 aromatic heterocycles. The maximum absolute atomic E-state index is 5.81. The van der Waals surface area contributed by atoms with Crippen molar-refractivity contribution < 1.29 is 14.2 Å². The van der Waals surface area contributed by atoms with Crippen molar-refractivity contribution in [3.8, 4) is 11.5 Å². The maximum Gasteiger partial charge on any atom is 0.173 e. The lowest BCUT2D eigenvalue weighted by Gasteiger charge is -2.28. The summed E-state index contributed by atoms with van der Waals surface area (Å²) in [6.07, 6.45) is 4.11. The Bertz CT molecular complexity index is 751. The number of benzene rings is 1. The van der Waals surface area contributed by atoms with Gasteiger partial charge < -0.3 is 24.4 Å². The standard InChI is InChI=1S/C20H25N3O3S/c1-24-16-8-9-19(25-2)18(12-16)22-20(27)23(14-17-7-5-11-26-17)13-15-6-3-4-10-21-15/h3-4,6,8-10,12,17H,5,7,11,13-14H2,1-2H3,(H,22,27). The molecule has 144 valence electrons. The number of anilines is 1. The number of methoxy groups -OCH3 is 2. The van der Waals surface area contributed by atoms with Gasteiger partial charge in [-0.3, -0.25) is 4.98 Å². The zero-order valence-corrected chi connectivity index (χ0v) is 16.5. The van der Waals surface area contributed by atoms with E-state index in [1.54, 1.807) is 20.4 Å². The van der Waals surface area contributed by atoms with Gasteiger partial charge in [0.25, 0.3) is 0 Å². The third-order valence-corrected chi connectivity index (χ3v) is 4.82. The molecule has 2 heterocycles. The molecule has 0 bridgehead atoms. The molecule has 0 spiro atoms. The van der Waals surface area contributed by atoms with Crippen LogP contribution < -0.4 is 14.8 Å². The summed E-state index contributed by atoms with van der Waals surface area (Å²) in [5.41, 5.74) is 1.72. The van der Waals surface area contributed by atoms with Crippen LogP contribution in [0.2, 0.25) is 0 Å². The molecule has 0 aliphatic carbocycles. The molecule has 1 unspecified atom stereocenters. The molecule has 3 rings (SSSR count). The van der Waals surface area contributed by atoms with E-state index in [0.29, 0.717) is 24.0 Å². The van der Waals surface area contributed by atoms with Crippen LogP contribution in [0.4, 0.5) is 5.69 Å². The first-order valence-corrected chi connectivity index (χ1v) is 9.40. The lowest BCUT2D eigenvalue weighted by Crippen LogP contribution is -2.39. The molecule has 27 heavy (non-hydrogen) atoms. The van der Waals surface area contributed by atoms with Gasteiger partial charge in [-0.15, -0.1) is 0 Å². The zero-order valence-electron chi connectivity index (χ0n) is 15.7. The summed E-state index contributed by atoms with van der Waals surface area (Å²) in [6, 6.07) is 11.5. The number of hydrogen-bond donors (Lipinski definition) is 1. The van der Waals surface area contributed by atoms with Crippen LogP contribution in [0.5, 0.6) is 11.5 Å². The Kier molecular flexibility index (Phi) is 6.84. The summed E-state index contributed by atoms with van der Waals surface area (Å²) in [5.74, 6) is 1.43. The van der Waals surface area contributed by atoms with E-state index in [2.05, 4.69) is 15.2 Å². The molecule has 1 aromatic carbocycles. The fraction of sp³-hybridized carbons (Fsp3) is 0.400. The van der Waals surface area contributed by atoms with Gasteiger partial charge in [-0.2, -0.15) is 0 Å². The Labute approximate surface area is 165 Å². The van der Waals surface area contributed by atoms with Gasteiger partial charge in [0.05, 0.1) is 38.2 Å². The topological polar surface area (TPSA) is 55.9 Å². The van der Waals surface area contributed by atoms with Gasteiger partial charge in [0, 0.05) is 25.4 Å². The quantitative estimate of drug-likeness (QED) is 0.730. The van der Waals surface area contributed by atoms with Gasteiger partial charge in [-0.25, -0.2) is 0 Å². The minimum Gasteiger partial charge on any atom is -0.497 e. The molecular formula is C20H25N3O3S. The fourth-order valence-electron chi connectivity index (χ4n) is 3.05. The van der Waals surface area contributed by atoms with Gasteiger partial charge in [0.1, 0.15) is 11.5 Å². The number of pyridine rings is 1. The minimum absolute atomic E-state index is 0.181. The molecule has 0 radical (unpaired) electrons. The second-order valence-electron chi connectivity index (χ2n) is 6.33. The van der Waals surface area contributed by atoms with E-state index in [4.69, 9.17) is 26.4 Å². The third-order valence-electron chi connectivity index (χ3n) is 4.46. The van der Waals surface area contributed by atoms with E-state index in [-0.39, 0.29) is 6.10 Å². The van der Waals surface area contributed by atoms with Gasteiger partial charge in [0.2, 0.25) is 0 Å². The molecule has 1 fully saturated rings. The molecule has 1 aliphatic heterocycles. The van der Waals surface area contributed by atoms with Crippen LogP contribution in [0.3, 0.4) is 0 Å². The van der Waals surface area contributed by atoms with E-state index in [1.165, 1.54) is 0 Å². The SMILES string of the molecule is COc1ccc(OC)c(NC(=S)N(Cc2ccccn2)CC2CCCO2)c1. The predicted octanol–water partition coefficient (Wildman–Crippen LogP) is 3.48. The first kappa shape index (κ1) is 19.4. The summed E-state index contributed by atoms with van der Waals surface area (Å²) < 4.78 is 16.6. The Morgan fingerprint density at radius 2 is 2.19 bits per heavy atom. The van der Waals surface area contributed by atoms with E-state index in [1.807, 2.05) is 36.4 Å². The average molecular weight is 388 g/mol.